The first-order valence-electron chi connectivity index (χ1n) is 4.87. The van der Waals surface area contributed by atoms with Gasteiger partial charge in [0.05, 0.1) is 7.14 Å². The van der Waals surface area contributed by atoms with Crippen LogP contribution >= 0.6 is 45.2 Å². The van der Waals surface area contributed by atoms with Crippen molar-refractivity contribution in [1.29, 1.82) is 0 Å². The van der Waals surface area contributed by atoms with Gasteiger partial charge in [0.1, 0.15) is 5.75 Å². The van der Waals surface area contributed by atoms with Crippen LogP contribution in [0, 0.1) is 7.14 Å². The molecule has 0 aliphatic carbocycles. The second-order valence-electron chi connectivity index (χ2n) is 3.48. The smallest absolute Gasteiger partial charge is 0.193 e. The van der Waals surface area contributed by atoms with E-state index in [9.17, 15) is 9.90 Å². The molecule has 0 amide bonds. The maximum atomic E-state index is 12.2. The summed E-state index contributed by atoms with van der Waals surface area (Å²) in [7, 11) is 0. The third-order valence-corrected chi connectivity index (χ3v) is 3.96. The quantitative estimate of drug-likeness (QED) is 0.558. The summed E-state index contributed by atoms with van der Waals surface area (Å²) in [6, 6.07) is 12.5. The molecule has 4 heteroatoms. The van der Waals surface area contributed by atoms with Crippen molar-refractivity contribution in [2.75, 3.05) is 0 Å². The maximum absolute atomic E-state index is 12.2. The Morgan fingerprint density at radius 3 is 2.00 bits per heavy atom. The fourth-order valence-electron chi connectivity index (χ4n) is 1.45. The summed E-state index contributed by atoms with van der Waals surface area (Å²) in [6.07, 6.45) is 0. The van der Waals surface area contributed by atoms with Crippen LogP contribution in [-0.4, -0.2) is 10.9 Å². The molecule has 0 bridgehead atoms. The monoisotopic (exact) mass is 450 g/mol. The average molecular weight is 450 g/mol. The minimum atomic E-state index is -0.0265. The molecular weight excluding hydrogens is 442 g/mol. The topological polar surface area (TPSA) is 37.3 Å². The molecule has 1 N–H and O–H groups in total. The normalized spacial score (nSPS) is 10.2. The van der Waals surface area contributed by atoms with E-state index in [1.165, 1.54) is 0 Å². The van der Waals surface area contributed by atoms with Crippen LogP contribution in [0.1, 0.15) is 15.9 Å². The number of hydrogen-bond acceptors (Lipinski definition) is 2. The number of phenolic OH excluding ortho intramolecular Hbond substituents is 1. The van der Waals surface area contributed by atoms with E-state index in [0.29, 0.717) is 18.3 Å². The average Bonchev–Trinajstić information content (AvgIpc) is 2.35. The van der Waals surface area contributed by atoms with Crippen LogP contribution < -0.4 is 0 Å². The van der Waals surface area contributed by atoms with Gasteiger partial charge in [0, 0.05) is 11.1 Å². The Labute approximate surface area is 126 Å². The number of phenols is 1. The lowest BCUT2D eigenvalue weighted by Gasteiger charge is -2.05. The predicted octanol–water partition coefficient (Wildman–Crippen LogP) is 3.83. The molecule has 0 aromatic heterocycles. The van der Waals surface area contributed by atoms with Gasteiger partial charge in [-0.2, -0.15) is 0 Å². The van der Waals surface area contributed by atoms with Crippen LogP contribution in [0.3, 0.4) is 0 Å². The van der Waals surface area contributed by atoms with Crippen LogP contribution in [0.4, 0.5) is 0 Å². The first kappa shape index (κ1) is 12.8. The van der Waals surface area contributed by atoms with E-state index < -0.39 is 0 Å². The van der Waals surface area contributed by atoms with Crippen LogP contribution in [0.15, 0.2) is 42.5 Å². The lowest BCUT2D eigenvalue weighted by Crippen LogP contribution is -2.02. The van der Waals surface area contributed by atoms with Crippen molar-refractivity contribution in [3.63, 3.8) is 0 Å². The Kier molecular flexibility index (Phi) is 4.03. The highest BCUT2D eigenvalue weighted by Gasteiger charge is 2.13. The van der Waals surface area contributed by atoms with Gasteiger partial charge in [0.25, 0.3) is 0 Å². The molecule has 0 saturated heterocycles. The molecule has 2 aromatic carbocycles. The molecule has 2 nitrogen and oxygen atoms in total. The molecule has 0 aliphatic heterocycles. The Balaban J connectivity index is 2.45. The maximum Gasteiger partial charge on any atom is 0.193 e. The molecule has 0 aliphatic rings. The molecule has 2 aromatic rings. The summed E-state index contributed by atoms with van der Waals surface area (Å²) < 4.78 is 1.38. The van der Waals surface area contributed by atoms with Crippen molar-refractivity contribution in [1.82, 2.24) is 0 Å². The van der Waals surface area contributed by atoms with Gasteiger partial charge < -0.3 is 5.11 Å². The largest absolute Gasteiger partial charge is 0.506 e. The Bertz CT molecular complexity index is 542. The lowest BCUT2D eigenvalue weighted by molar-refractivity contribution is 0.103. The van der Waals surface area contributed by atoms with Crippen molar-refractivity contribution in [2.45, 2.75) is 0 Å². The van der Waals surface area contributed by atoms with Crippen LogP contribution in [0.5, 0.6) is 5.75 Å². The predicted molar refractivity (Wildman–Crippen MR) is 83.4 cm³/mol. The molecule has 0 atom stereocenters. The van der Waals surface area contributed by atoms with Crippen LogP contribution in [0.2, 0.25) is 0 Å². The number of benzene rings is 2. The van der Waals surface area contributed by atoms with Crippen molar-refractivity contribution in [3.8, 4) is 5.75 Å². The van der Waals surface area contributed by atoms with E-state index in [0.717, 1.165) is 0 Å². The molecule has 0 unspecified atom stereocenters. The molecule has 0 spiro atoms. The van der Waals surface area contributed by atoms with Crippen LogP contribution in [-0.2, 0) is 0 Å². The number of ketones is 1. The highest BCUT2D eigenvalue weighted by atomic mass is 127. The Hall–Kier alpha value is -0.630. The number of halogens is 2. The molecule has 0 heterocycles. The minimum Gasteiger partial charge on any atom is -0.506 e. The summed E-state index contributed by atoms with van der Waals surface area (Å²) in [5.74, 6) is 0.206. The summed E-state index contributed by atoms with van der Waals surface area (Å²) >= 11 is 4.04. The number of rotatable bonds is 2. The highest BCUT2D eigenvalue weighted by Crippen LogP contribution is 2.28. The van der Waals surface area contributed by atoms with Gasteiger partial charge in [-0.15, -0.1) is 0 Å². The molecule has 0 radical (unpaired) electrons. The van der Waals surface area contributed by atoms with Crippen molar-refractivity contribution >= 4 is 51.0 Å². The van der Waals surface area contributed by atoms with Crippen LogP contribution in [0.25, 0.3) is 0 Å². The second kappa shape index (κ2) is 5.34. The van der Waals surface area contributed by atoms with E-state index in [1.807, 2.05) is 63.4 Å². The van der Waals surface area contributed by atoms with Gasteiger partial charge in [-0.3, -0.25) is 4.79 Å². The molecule has 0 saturated carbocycles. The number of carbonyl (C=O) groups excluding carboxylic acids is 1. The zero-order valence-electron chi connectivity index (χ0n) is 8.65. The summed E-state index contributed by atoms with van der Waals surface area (Å²) in [5, 5.41) is 9.66. The Morgan fingerprint density at radius 1 is 0.941 bits per heavy atom. The third kappa shape index (κ3) is 2.79. The summed E-state index contributed by atoms with van der Waals surface area (Å²) in [5.41, 5.74) is 1.26. The molecule has 2 rings (SSSR count). The van der Waals surface area contributed by atoms with Gasteiger partial charge >= 0.3 is 0 Å². The molecule has 17 heavy (non-hydrogen) atoms. The molecule has 86 valence electrons. The van der Waals surface area contributed by atoms with Gasteiger partial charge in [-0.25, -0.2) is 0 Å². The van der Waals surface area contributed by atoms with E-state index in [1.54, 1.807) is 24.3 Å². The fraction of sp³-hybridized carbons (Fsp3) is 0. The van der Waals surface area contributed by atoms with Gasteiger partial charge in [-0.1, -0.05) is 30.3 Å². The van der Waals surface area contributed by atoms with Crippen molar-refractivity contribution < 1.29 is 9.90 Å². The fourth-order valence-corrected chi connectivity index (χ4v) is 3.22. The van der Waals surface area contributed by atoms with E-state index in [4.69, 9.17) is 0 Å². The third-order valence-electron chi connectivity index (χ3n) is 2.32. The summed E-state index contributed by atoms with van der Waals surface area (Å²) in [4.78, 5) is 12.2. The SMILES string of the molecule is O=C(c1ccccc1)c1cc(I)c(O)c(I)c1. The first-order chi connectivity index (χ1) is 8.09. The van der Waals surface area contributed by atoms with Crippen molar-refractivity contribution in [2.24, 2.45) is 0 Å². The van der Waals surface area contributed by atoms with Gasteiger partial charge in [0.15, 0.2) is 5.78 Å². The summed E-state index contributed by atoms with van der Waals surface area (Å²) in [6.45, 7) is 0. The first-order valence-corrected chi connectivity index (χ1v) is 7.03. The molecule has 0 fully saturated rings. The Morgan fingerprint density at radius 2 is 1.47 bits per heavy atom. The second-order valence-corrected chi connectivity index (χ2v) is 5.81. The number of aromatic hydroxyl groups is 1. The van der Waals surface area contributed by atoms with E-state index in [-0.39, 0.29) is 11.5 Å². The lowest BCUT2D eigenvalue weighted by atomic mass is 10.0. The minimum absolute atomic E-state index is 0.0265. The van der Waals surface area contributed by atoms with E-state index in [2.05, 4.69) is 0 Å². The van der Waals surface area contributed by atoms with Gasteiger partial charge in [0.2, 0.25) is 0 Å². The number of carbonyl (C=O) groups is 1. The van der Waals surface area contributed by atoms with Crippen molar-refractivity contribution in [3.05, 3.63) is 60.7 Å². The standard InChI is InChI=1S/C13H8I2O2/c14-10-6-9(7-11(15)13(10)17)12(16)8-4-2-1-3-5-8/h1-7,17H. The zero-order chi connectivity index (χ0) is 12.4. The highest BCUT2D eigenvalue weighted by molar-refractivity contribution is 14.1. The van der Waals surface area contributed by atoms with E-state index >= 15 is 0 Å². The molecular formula is C13H8I2O2. The zero-order valence-corrected chi connectivity index (χ0v) is 13.0. The number of hydrogen-bond donors (Lipinski definition) is 1. The van der Waals surface area contributed by atoms with Gasteiger partial charge in [-0.05, 0) is 57.3 Å².